The van der Waals surface area contributed by atoms with E-state index in [4.69, 9.17) is 5.73 Å². The van der Waals surface area contributed by atoms with Crippen molar-refractivity contribution in [2.45, 2.75) is 5.92 Å². The van der Waals surface area contributed by atoms with Crippen molar-refractivity contribution in [1.82, 2.24) is 4.90 Å². The second-order valence-corrected chi connectivity index (χ2v) is 2.30. The molecule has 0 aliphatic carbocycles. The summed E-state index contributed by atoms with van der Waals surface area (Å²) < 4.78 is 24.5. The monoisotopic (exact) mass is 210 g/mol. The second kappa shape index (κ2) is 7.03. The number of nitrogens with zero attached hydrogens (tertiary/aromatic N) is 1. The highest BCUT2D eigenvalue weighted by Crippen LogP contribution is 2.10. The molecule has 0 aromatic rings. The lowest BCUT2D eigenvalue weighted by molar-refractivity contribution is -0.0120. The quantitative estimate of drug-likeness (QED) is 0.754. The lowest BCUT2D eigenvalue weighted by atomic mass is 10.3. The van der Waals surface area contributed by atoms with Crippen molar-refractivity contribution in [1.29, 1.82) is 0 Å². The van der Waals surface area contributed by atoms with Gasteiger partial charge in [0.15, 0.2) is 0 Å². The molecule has 0 rings (SSSR count). The number of hydrogen-bond donors (Lipinski definition) is 1. The van der Waals surface area contributed by atoms with E-state index in [2.05, 4.69) is 0 Å². The zero-order valence-electron chi connectivity index (χ0n) is 6.51. The first-order chi connectivity index (χ1) is 3.98. The molecule has 0 amide bonds. The van der Waals surface area contributed by atoms with Crippen LogP contribution in [-0.4, -0.2) is 38.0 Å². The van der Waals surface area contributed by atoms with E-state index in [1.165, 1.54) is 4.90 Å². The molecule has 2 nitrogen and oxygen atoms in total. The van der Waals surface area contributed by atoms with Gasteiger partial charge in [-0.25, -0.2) is 8.78 Å². The molecule has 0 atom stereocenters. The molecule has 11 heavy (non-hydrogen) atoms. The Morgan fingerprint density at radius 2 is 1.64 bits per heavy atom. The van der Waals surface area contributed by atoms with Crippen LogP contribution in [0.1, 0.15) is 0 Å². The predicted molar refractivity (Wildman–Crippen MR) is 47.1 cm³/mol. The van der Waals surface area contributed by atoms with Crippen LogP contribution in [0.3, 0.4) is 0 Å². The van der Waals surface area contributed by atoms with Crippen molar-refractivity contribution in [3.8, 4) is 0 Å². The van der Waals surface area contributed by atoms with Crippen LogP contribution in [0.2, 0.25) is 0 Å². The minimum atomic E-state index is -2.73. The van der Waals surface area contributed by atoms with E-state index >= 15 is 0 Å². The summed E-state index contributed by atoms with van der Waals surface area (Å²) in [5.41, 5.74) is 4.78. The van der Waals surface area contributed by atoms with Crippen molar-refractivity contribution in [3.63, 3.8) is 0 Å². The third-order valence-corrected chi connectivity index (χ3v) is 0.846. The van der Waals surface area contributed by atoms with Crippen LogP contribution in [0.25, 0.3) is 0 Å². The summed E-state index contributed by atoms with van der Waals surface area (Å²) in [7, 11) is 3.17. The normalized spacial score (nSPS) is 10.4. The maximum absolute atomic E-state index is 12.2. The number of alkyl halides is 2. The Kier molecular flexibility index (Phi) is 11.2. The fourth-order valence-corrected chi connectivity index (χ4v) is 0.527. The van der Waals surface area contributed by atoms with Crippen LogP contribution >= 0.6 is 24.8 Å². The van der Waals surface area contributed by atoms with Crippen molar-refractivity contribution in [3.05, 3.63) is 0 Å². The highest BCUT2D eigenvalue weighted by atomic mass is 35.5. The van der Waals surface area contributed by atoms with Crippen LogP contribution in [0, 0.1) is 0 Å². The number of hydrogen-bond acceptors (Lipinski definition) is 2. The molecule has 0 unspecified atom stereocenters. The molecule has 0 saturated carbocycles. The van der Waals surface area contributed by atoms with Gasteiger partial charge < -0.3 is 10.6 Å². The maximum atomic E-state index is 12.2. The fraction of sp³-hybridized carbons (Fsp3) is 1.00. The van der Waals surface area contributed by atoms with Gasteiger partial charge in [-0.05, 0) is 14.1 Å². The summed E-state index contributed by atoms with van der Waals surface area (Å²) in [6.07, 6.45) is 0. The minimum Gasteiger partial charge on any atom is -0.325 e. The van der Waals surface area contributed by atoms with Gasteiger partial charge in [0.2, 0.25) is 0 Å². The number of nitrogens with two attached hydrogens (primary N) is 1. The van der Waals surface area contributed by atoms with E-state index in [9.17, 15) is 8.78 Å². The molecule has 0 fully saturated rings. The van der Waals surface area contributed by atoms with Crippen LogP contribution in [0.15, 0.2) is 0 Å². The third-order valence-electron chi connectivity index (χ3n) is 0.846. The third kappa shape index (κ3) is 10.4. The first-order valence-electron chi connectivity index (χ1n) is 2.70. The molecule has 6 heteroatoms. The van der Waals surface area contributed by atoms with Gasteiger partial charge in [0.1, 0.15) is 0 Å². The Morgan fingerprint density at radius 1 is 1.27 bits per heavy atom. The highest BCUT2D eigenvalue weighted by molar-refractivity contribution is 5.85. The van der Waals surface area contributed by atoms with Crippen molar-refractivity contribution in [2.24, 2.45) is 5.73 Å². The zero-order chi connectivity index (χ0) is 7.49. The fourth-order valence-electron chi connectivity index (χ4n) is 0.527. The smallest absolute Gasteiger partial charge is 0.272 e. The van der Waals surface area contributed by atoms with Crippen LogP contribution < -0.4 is 5.73 Å². The molecule has 0 saturated heterocycles. The van der Waals surface area contributed by atoms with E-state index in [1.54, 1.807) is 14.1 Å². The number of halogens is 4. The first-order valence-corrected chi connectivity index (χ1v) is 2.70. The summed E-state index contributed by atoms with van der Waals surface area (Å²) >= 11 is 0. The van der Waals surface area contributed by atoms with Crippen molar-refractivity contribution in [2.75, 3.05) is 27.2 Å². The van der Waals surface area contributed by atoms with E-state index in [0.29, 0.717) is 0 Å². The molecule has 0 aromatic carbocycles. The summed E-state index contributed by atoms with van der Waals surface area (Å²) in [5, 5.41) is 0. The average molecular weight is 211 g/mol. The van der Waals surface area contributed by atoms with Gasteiger partial charge in [0.05, 0.1) is 13.1 Å². The average Bonchev–Trinajstić information content (AvgIpc) is 1.63. The van der Waals surface area contributed by atoms with Gasteiger partial charge in [0, 0.05) is 0 Å². The Morgan fingerprint density at radius 3 is 1.73 bits per heavy atom. The molecule has 0 radical (unpaired) electrons. The first kappa shape index (κ1) is 17.4. The minimum absolute atomic E-state index is 0. The standard InChI is InChI=1S/C5H12F2N2.2ClH/c1-9(2)4-5(6,7)3-8;;/h3-4,8H2,1-2H3;2*1H. The van der Waals surface area contributed by atoms with Crippen LogP contribution in [-0.2, 0) is 0 Å². The maximum Gasteiger partial charge on any atom is 0.272 e. The van der Waals surface area contributed by atoms with Crippen molar-refractivity contribution < 1.29 is 8.78 Å². The molecular formula is C5H14Cl2F2N2. The van der Waals surface area contributed by atoms with E-state index < -0.39 is 12.5 Å². The topological polar surface area (TPSA) is 29.3 Å². The number of rotatable bonds is 3. The van der Waals surface area contributed by atoms with Gasteiger partial charge in [-0.3, -0.25) is 0 Å². The lowest BCUT2D eigenvalue weighted by Gasteiger charge is -2.17. The van der Waals surface area contributed by atoms with Crippen LogP contribution in [0.5, 0.6) is 0 Å². The van der Waals surface area contributed by atoms with E-state index in [-0.39, 0.29) is 31.4 Å². The Bertz CT molecular complexity index is 90.6. The van der Waals surface area contributed by atoms with Gasteiger partial charge in [-0.2, -0.15) is 0 Å². The summed E-state index contributed by atoms with van der Waals surface area (Å²) in [4.78, 5) is 1.41. The largest absolute Gasteiger partial charge is 0.325 e. The van der Waals surface area contributed by atoms with Gasteiger partial charge >= 0.3 is 0 Å². The molecular weight excluding hydrogens is 197 g/mol. The van der Waals surface area contributed by atoms with Crippen LogP contribution in [0.4, 0.5) is 8.78 Å². The molecule has 0 spiro atoms. The zero-order valence-corrected chi connectivity index (χ0v) is 8.14. The molecule has 0 heterocycles. The summed E-state index contributed by atoms with van der Waals surface area (Å²) in [6.45, 7) is -0.852. The highest BCUT2D eigenvalue weighted by Gasteiger charge is 2.26. The molecule has 72 valence electrons. The van der Waals surface area contributed by atoms with E-state index in [0.717, 1.165) is 0 Å². The SMILES string of the molecule is CN(C)CC(F)(F)CN.Cl.Cl. The summed E-state index contributed by atoms with van der Waals surface area (Å²) in [6, 6.07) is 0. The molecule has 0 bridgehead atoms. The molecule has 0 aromatic heterocycles. The second-order valence-electron chi connectivity index (χ2n) is 2.30. The lowest BCUT2D eigenvalue weighted by Crippen LogP contribution is -2.38. The Balaban J connectivity index is -0.000000320. The van der Waals surface area contributed by atoms with Gasteiger partial charge in [-0.15, -0.1) is 24.8 Å². The predicted octanol–water partition coefficient (Wildman–Crippen LogP) is 0.986. The van der Waals surface area contributed by atoms with Gasteiger partial charge in [0.25, 0.3) is 5.92 Å². The van der Waals surface area contributed by atoms with Gasteiger partial charge in [-0.1, -0.05) is 0 Å². The van der Waals surface area contributed by atoms with Crippen molar-refractivity contribution >= 4 is 24.8 Å². The van der Waals surface area contributed by atoms with E-state index in [1.807, 2.05) is 0 Å². The summed E-state index contributed by atoms with van der Waals surface area (Å²) in [5.74, 6) is -2.73. The molecule has 2 N–H and O–H groups in total. The molecule has 0 aliphatic heterocycles. The Labute approximate surface area is 77.9 Å². The molecule has 0 aliphatic rings. The Hall–Kier alpha value is 0.360.